The highest BCUT2D eigenvalue weighted by atomic mass is 32.1. The molecule has 0 aliphatic carbocycles. The molecule has 1 amide bonds. The van der Waals surface area contributed by atoms with Crippen LogP contribution in [0.5, 0.6) is 0 Å². The number of nitrogens with two attached hydrogens (primary N) is 1. The third kappa shape index (κ3) is 3.03. The molecule has 90 valence electrons. The van der Waals surface area contributed by atoms with Gasteiger partial charge in [0, 0.05) is 19.1 Å². The summed E-state index contributed by atoms with van der Waals surface area (Å²) in [6, 6.07) is 3.92. The standard InChI is InChI=1S/C11H14N4OS/c12-5-8-2-4-17-11(8)14-10(16)7-15-3-1-9(13)6-15/h2,4,9H,1,3,6-7,13H2,(H,14,16). The van der Waals surface area contributed by atoms with E-state index in [4.69, 9.17) is 11.0 Å². The van der Waals surface area contributed by atoms with E-state index in [2.05, 4.69) is 5.32 Å². The van der Waals surface area contributed by atoms with E-state index in [1.54, 1.807) is 11.4 Å². The van der Waals surface area contributed by atoms with E-state index in [0.29, 0.717) is 17.1 Å². The summed E-state index contributed by atoms with van der Waals surface area (Å²) in [5.74, 6) is -0.0851. The summed E-state index contributed by atoms with van der Waals surface area (Å²) in [6.07, 6.45) is 0.940. The summed E-state index contributed by atoms with van der Waals surface area (Å²) >= 11 is 1.36. The minimum atomic E-state index is -0.0851. The predicted octanol–water partition coefficient (Wildman–Crippen LogP) is 0.591. The van der Waals surface area contributed by atoms with Crippen molar-refractivity contribution in [2.24, 2.45) is 5.73 Å². The van der Waals surface area contributed by atoms with Crippen molar-refractivity contribution < 1.29 is 4.79 Å². The first-order valence-electron chi connectivity index (χ1n) is 5.44. The van der Waals surface area contributed by atoms with Crippen molar-refractivity contribution >= 4 is 22.2 Å². The van der Waals surface area contributed by atoms with Crippen LogP contribution in [0.4, 0.5) is 5.00 Å². The van der Waals surface area contributed by atoms with E-state index in [-0.39, 0.29) is 11.9 Å². The number of carbonyl (C=O) groups is 1. The van der Waals surface area contributed by atoms with Gasteiger partial charge in [0.25, 0.3) is 0 Å². The van der Waals surface area contributed by atoms with Crippen LogP contribution >= 0.6 is 11.3 Å². The van der Waals surface area contributed by atoms with Crippen LogP contribution in [0.25, 0.3) is 0 Å². The van der Waals surface area contributed by atoms with Crippen molar-refractivity contribution in [1.82, 2.24) is 4.90 Å². The number of thiophene rings is 1. The molecule has 0 radical (unpaired) electrons. The molecule has 3 N–H and O–H groups in total. The summed E-state index contributed by atoms with van der Waals surface area (Å²) < 4.78 is 0. The van der Waals surface area contributed by atoms with E-state index < -0.39 is 0 Å². The first kappa shape index (κ1) is 12.0. The van der Waals surface area contributed by atoms with Gasteiger partial charge >= 0.3 is 0 Å². The SMILES string of the molecule is N#Cc1ccsc1NC(=O)CN1CCC(N)C1. The van der Waals surface area contributed by atoms with Gasteiger partial charge in [-0.3, -0.25) is 9.69 Å². The summed E-state index contributed by atoms with van der Waals surface area (Å²) in [5.41, 5.74) is 6.28. The number of nitrogens with one attached hydrogen (secondary N) is 1. The van der Waals surface area contributed by atoms with Gasteiger partial charge in [-0.05, 0) is 17.9 Å². The Morgan fingerprint density at radius 3 is 3.24 bits per heavy atom. The van der Waals surface area contributed by atoms with Gasteiger partial charge in [-0.25, -0.2) is 0 Å². The summed E-state index contributed by atoms with van der Waals surface area (Å²) in [7, 11) is 0. The third-order valence-corrected chi connectivity index (χ3v) is 3.54. The van der Waals surface area contributed by atoms with E-state index in [9.17, 15) is 4.79 Å². The minimum absolute atomic E-state index is 0.0851. The van der Waals surface area contributed by atoms with Crippen molar-refractivity contribution in [2.75, 3.05) is 25.0 Å². The molecule has 0 spiro atoms. The van der Waals surface area contributed by atoms with Crippen LogP contribution in [0, 0.1) is 11.3 Å². The fourth-order valence-electron chi connectivity index (χ4n) is 1.87. The molecular weight excluding hydrogens is 236 g/mol. The second-order valence-corrected chi connectivity index (χ2v) is 5.02. The molecule has 2 rings (SSSR count). The molecular formula is C11H14N4OS. The Hall–Kier alpha value is -1.42. The lowest BCUT2D eigenvalue weighted by Gasteiger charge is -2.14. The Labute approximate surface area is 104 Å². The Balaban J connectivity index is 1.88. The molecule has 1 aliphatic rings. The van der Waals surface area contributed by atoms with Gasteiger partial charge in [0.1, 0.15) is 11.1 Å². The van der Waals surface area contributed by atoms with Crippen LogP contribution in [0.2, 0.25) is 0 Å². The van der Waals surface area contributed by atoms with Gasteiger partial charge in [-0.2, -0.15) is 5.26 Å². The Bertz CT molecular complexity index is 451. The van der Waals surface area contributed by atoms with Crippen molar-refractivity contribution in [3.8, 4) is 6.07 Å². The van der Waals surface area contributed by atoms with Crippen LogP contribution in [-0.2, 0) is 4.79 Å². The maximum absolute atomic E-state index is 11.7. The minimum Gasteiger partial charge on any atom is -0.326 e. The van der Waals surface area contributed by atoms with Crippen molar-refractivity contribution in [2.45, 2.75) is 12.5 Å². The van der Waals surface area contributed by atoms with Crippen molar-refractivity contribution in [3.63, 3.8) is 0 Å². The zero-order valence-electron chi connectivity index (χ0n) is 9.35. The molecule has 2 heterocycles. The van der Waals surface area contributed by atoms with E-state index in [0.717, 1.165) is 19.5 Å². The van der Waals surface area contributed by atoms with Gasteiger partial charge in [0.15, 0.2) is 0 Å². The second-order valence-electron chi connectivity index (χ2n) is 4.11. The van der Waals surface area contributed by atoms with Crippen LogP contribution in [-0.4, -0.2) is 36.5 Å². The van der Waals surface area contributed by atoms with Crippen LogP contribution in [0.3, 0.4) is 0 Å². The molecule has 5 nitrogen and oxygen atoms in total. The number of anilines is 1. The van der Waals surface area contributed by atoms with Crippen LogP contribution < -0.4 is 11.1 Å². The predicted molar refractivity (Wildman–Crippen MR) is 66.7 cm³/mol. The Kier molecular flexibility index (Phi) is 3.74. The highest BCUT2D eigenvalue weighted by molar-refractivity contribution is 7.14. The first-order chi connectivity index (χ1) is 8.19. The largest absolute Gasteiger partial charge is 0.326 e. The van der Waals surface area contributed by atoms with E-state index in [1.807, 2.05) is 11.0 Å². The fourth-order valence-corrected chi connectivity index (χ4v) is 2.62. The number of nitriles is 1. The average Bonchev–Trinajstić information content (AvgIpc) is 2.87. The Morgan fingerprint density at radius 2 is 2.59 bits per heavy atom. The monoisotopic (exact) mass is 250 g/mol. The molecule has 0 aromatic carbocycles. The molecule has 1 unspecified atom stereocenters. The molecule has 1 aromatic heterocycles. The zero-order valence-corrected chi connectivity index (χ0v) is 10.2. The number of carbonyl (C=O) groups excluding carboxylic acids is 1. The van der Waals surface area contributed by atoms with Gasteiger partial charge in [-0.15, -0.1) is 11.3 Å². The van der Waals surface area contributed by atoms with Gasteiger partial charge < -0.3 is 11.1 Å². The lowest BCUT2D eigenvalue weighted by Crippen LogP contribution is -2.33. The van der Waals surface area contributed by atoms with Crippen LogP contribution in [0.15, 0.2) is 11.4 Å². The van der Waals surface area contributed by atoms with Crippen molar-refractivity contribution in [3.05, 3.63) is 17.0 Å². The molecule has 1 fully saturated rings. The highest BCUT2D eigenvalue weighted by Gasteiger charge is 2.21. The number of hydrogen-bond donors (Lipinski definition) is 2. The summed E-state index contributed by atoms with van der Waals surface area (Å²) in [6.45, 7) is 1.98. The molecule has 1 saturated heterocycles. The Morgan fingerprint density at radius 1 is 1.76 bits per heavy atom. The summed E-state index contributed by atoms with van der Waals surface area (Å²) in [4.78, 5) is 13.8. The van der Waals surface area contributed by atoms with Gasteiger partial charge in [0.2, 0.25) is 5.91 Å². The van der Waals surface area contributed by atoms with E-state index >= 15 is 0 Å². The average molecular weight is 250 g/mol. The highest BCUT2D eigenvalue weighted by Crippen LogP contribution is 2.22. The number of rotatable bonds is 3. The fraction of sp³-hybridized carbons (Fsp3) is 0.455. The topological polar surface area (TPSA) is 82.2 Å². The number of nitrogens with zero attached hydrogens (tertiary/aromatic N) is 2. The molecule has 17 heavy (non-hydrogen) atoms. The van der Waals surface area contributed by atoms with Crippen LogP contribution in [0.1, 0.15) is 12.0 Å². The first-order valence-corrected chi connectivity index (χ1v) is 6.32. The number of hydrogen-bond acceptors (Lipinski definition) is 5. The molecule has 1 atom stereocenters. The lowest BCUT2D eigenvalue weighted by atomic mass is 10.3. The maximum Gasteiger partial charge on any atom is 0.239 e. The zero-order chi connectivity index (χ0) is 12.3. The number of likely N-dealkylation sites (tertiary alicyclic amines) is 1. The molecule has 1 aromatic rings. The molecule has 6 heteroatoms. The van der Waals surface area contributed by atoms with Gasteiger partial charge in [-0.1, -0.05) is 0 Å². The van der Waals surface area contributed by atoms with Crippen molar-refractivity contribution in [1.29, 1.82) is 5.26 Å². The maximum atomic E-state index is 11.7. The second kappa shape index (κ2) is 5.27. The van der Waals surface area contributed by atoms with Gasteiger partial charge in [0.05, 0.1) is 12.1 Å². The van der Waals surface area contributed by atoms with E-state index in [1.165, 1.54) is 11.3 Å². The summed E-state index contributed by atoms with van der Waals surface area (Å²) in [5, 5.41) is 14.0. The number of amides is 1. The third-order valence-electron chi connectivity index (χ3n) is 2.71. The quantitative estimate of drug-likeness (QED) is 0.822. The lowest BCUT2D eigenvalue weighted by molar-refractivity contribution is -0.117. The molecule has 1 aliphatic heterocycles. The normalized spacial score (nSPS) is 20.1. The molecule has 0 saturated carbocycles. The molecule has 0 bridgehead atoms. The smallest absolute Gasteiger partial charge is 0.239 e.